The molecule has 0 aliphatic carbocycles. The van der Waals surface area contributed by atoms with Gasteiger partial charge in [-0.1, -0.05) is 34.8 Å². The molecule has 1 heterocycles. The Morgan fingerprint density at radius 1 is 1.10 bits per heavy atom. The lowest BCUT2D eigenvalue weighted by Gasteiger charge is -2.17. The summed E-state index contributed by atoms with van der Waals surface area (Å²) in [5, 5.41) is 16.5. The molecule has 2 aromatic carbocycles. The second kappa shape index (κ2) is 8.61. The van der Waals surface area contributed by atoms with E-state index in [4.69, 9.17) is 5.11 Å². The number of aliphatic carboxylic acids is 1. The van der Waals surface area contributed by atoms with Crippen molar-refractivity contribution in [1.29, 1.82) is 0 Å². The van der Waals surface area contributed by atoms with Crippen LogP contribution in [0, 0.1) is 0 Å². The number of aromatic amines is 1. The summed E-state index contributed by atoms with van der Waals surface area (Å²) in [6, 6.07) is 13.4. The van der Waals surface area contributed by atoms with E-state index in [1.54, 1.807) is 36.4 Å². The van der Waals surface area contributed by atoms with Gasteiger partial charge in [-0.3, -0.25) is 19.3 Å². The number of likely N-dealkylation sites (N-methyl/N-ethyl adjacent to an activating group) is 1. The Hall–Kier alpha value is -3.59. The Kier molecular flexibility index (Phi) is 5.99. The molecule has 0 radical (unpaired) electrons. The average molecular weight is 398 g/mol. The van der Waals surface area contributed by atoms with Gasteiger partial charge in [-0.15, -0.1) is 5.12 Å². The summed E-state index contributed by atoms with van der Waals surface area (Å²) in [5.74, 6) is -1.98. The molecule has 0 aliphatic rings. The highest BCUT2D eigenvalue weighted by atomic mass is 19.2. The molecule has 150 valence electrons. The molecule has 0 aliphatic heterocycles. The van der Waals surface area contributed by atoms with E-state index in [0.717, 1.165) is 0 Å². The number of hydrogen-bond acceptors (Lipinski definition) is 5. The first-order chi connectivity index (χ1) is 13.8. The minimum Gasteiger partial charge on any atom is -0.480 e. The first kappa shape index (κ1) is 20.2. The zero-order valence-electron chi connectivity index (χ0n) is 15.6. The van der Waals surface area contributed by atoms with Crippen molar-refractivity contribution in [3.63, 3.8) is 0 Å². The van der Waals surface area contributed by atoms with E-state index < -0.39 is 11.9 Å². The lowest BCUT2D eigenvalue weighted by Crippen LogP contribution is -2.37. The molecule has 0 atom stereocenters. The number of hydrogen-bond donors (Lipinski definition) is 2. The smallest absolute Gasteiger partial charge is 0.317 e. The van der Waals surface area contributed by atoms with Crippen molar-refractivity contribution in [2.75, 3.05) is 25.3 Å². The standard InChI is InChI=1S/C20H19FN4O4/c1-24(12-19(27)28)11-18(26)25(21)14-6-4-5-13(9-14)10-17-15-7-2-3-8-16(15)20(29)23-22-17/h2-9H,10-12H2,1H3,(H,23,29)(H,27,28). The fourth-order valence-electron chi connectivity index (χ4n) is 3.01. The predicted octanol–water partition coefficient (Wildman–Crippen LogP) is 1.75. The maximum absolute atomic E-state index is 14.5. The lowest BCUT2D eigenvalue weighted by molar-refractivity contribution is -0.138. The van der Waals surface area contributed by atoms with Gasteiger partial charge in [-0.2, -0.15) is 5.10 Å². The minimum atomic E-state index is -1.10. The molecule has 0 fully saturated rings. The molecule has 3 aromatic rings. The first-order valence-corrected chi connectivity index (χ1v) is 8.79. The summed E-state index contributed by atoms with van der Waals surface area (Å²) in [7, 11) is 1.42. The van der Waals surface area contributed by atoms with Crippen LogP contribution in [0.1, 0.15) is 11.3 Å². The van der Waals surface area contributed by atoms with Crippen molar-refractivity contribution >= 4 is 28.3 Å². The average Bonchev–Trinajstić information content (AvgIpc) is 2.69. The third-order valence-corrected chi connectivity index (χ3v) is 4.31. The van der Waals surface area contributed by atoms with Crippen LogP contribution >= 0.6 is 0 Å². The van der Waals surface area contributed by atoms with E-state index >= 15 is 0 Å². The molecule has 0 bridgehead atoms. The van der Waals surface area contributed by atoms with Crippen molar-refractivity contribution < 1.29 is 19.2 Å². The number of fused-ring (bicyclic) bond motifs is 1. The summed E-state index contributed by atoms with van der Waals surface area (Å²) in [6.07, 6.45) is 0.325. The highest BCUT2D eigenvalue weighted by Crippen LogP contribution is 2.21. The topological polar surface area (TPSA) is 107 Å². The number of carbonyl (C=O) groups is 2. The molecular formula is C20H19FN4O4. The Morgan fingerprint density at radius 2 is 1.83 bits per heavy atom. The van der Waals surface area contributed by atoms with Gasteiger partial charge in [0, 0.05) is 11.8 Å². The molecule has 0 unspecified atom stereocenters. The van der Waals surface area contributed by atoms with E-state index in [1.165, 1.54) is 24.1 Å². The zero-order valence-corrected chi connectivity index (χ0v) is 15.6. The van der Waals surface area contributed by atoms with Gasteiger partial charge in [0.2, 0.25) is 0 Å². The molecule has 9 heteroatoms. The minimum absolute atomic E-state index is 0.000251. The Balaban J connectivity index is 1.80. The SMILES string of the molecule is CN(CC(=O)O)CC(=O)N(F)c1cccc(Cc2n[nH]c(=O)c3ccccc23)c1. The van der Waals surface area contributed by atoms with Crippen LogP contribution in [0.4, 0.5) is 10.2 Å². The van der Waals surface area contributed by atoms with Crippen molar-refractivity contribution in [2.45, 2.75) is 6.42 Å². The number of halogens is 1. The molecule has 0 saturated carbocycles. The van der Waals surface area contributed by atoms with Gasteiger partial charge in [-0.25, -0.2) is 5.10 Å². The molecule has 1 aromatic heterocycles. The van der Waals surface area contributed by atoms with Gasteiger partial charge in [0.1, 0.15) is 0 Å². The number of nitrogens with zero attached hydrogens (tertiary/aromatic N) is 3. The number of anilines is 1. The second-order valence-corrected chi connectivity index (χ2v) is 6.63. The van der Waals surface area contributed by atoms with Crippen molar-refractivity contribution in [3.05, 3.63) is 70.1 Å². The number of carboxylic acids is 1. The van der Waals surface area contributed by atoms with Crippen LogP contribution < -0.4 is 10.7 Å². The van der Waals surface area contributed by atoms with Crippen LogP contribution in [0.25, 0.3) is 10.8 Å². The molecule has 3 rings (SSSR count). The predicted molar refractivity (Wildman–Crippen MR) is 105 cm³/mol. The Bertz CT molecular complexity index is 1110. The van der Waals surface area contributed by atoms with Crippen molar-refractivity contribution in [1.82, 2.24) is 15.1 Å². The summed E-state index contributed by atoms with van der Waals surface area (Å²) in [4.78, 5) is 35.9. The second-order valence-electron chi connectivity index (χ2n) is 6.63. The van der Waals surface area contributed by atoms with Crippen molar-refractivity contribution in [3.8, 4) is 0 Å². The van der Waals surface area contributed by atoms with Crippen LogP contribution in [-0.2, 0) is 16.0 Å². The van der Waals surface area contributed by atoms with Gasteiger partial charge >= 0.3 is 5.97 Å². The van der Waals surface area contributed by atoms with E-state index in [2.05, 4.69) is 10.2 Å². The number of nitrogens with one attached hydrogen (secondary N) is 1. The van der Waals surface area contributed by atoms with E-state index in [0.29, 0.717) is 28.5 Å². The molecule has 0 spiro atoms. The number of rotatable bonds is 7. The zero-order chi connectivity index (χ0) is 21.0. The summed E-state index contributed by atoms with van der Waals surface area (Å²) in [6.45, 7) is -0.746. The summed E-state index contributed by atoms with van der Waals surface area (Å²) < 4.78 is 14.5. The number of carboxylic acid groups (broad SMARTS) is 1. The van der Waals surface area contributed by atoms with Gasteiger partial charge in [0.25, 0.3) is 11.5 Å². The fourth-order valence-corrected chi connectivity index (χ4v) is 3.01. The summed E-state index contributed by atoms with van der Waals surface area (Å²) in [5.41, 5.74) is 1.06. The molecule has 29 heavy (non-hydrogen) atoms. The van der Waals surface area contributed by atoms with Crippen LogP contribution in [0.3, 0.4) is 0 Å². The largest absolute Gasteiger partial charge is 0.480 e. The molecule has 2 N–H and O–H groups in total. The molecule has 8 nitrogen and oxygen atoms in total. The Labute approximate surface area is 165 Å². The number of aromatic nitrogens is 2. The van der Waals surface area contributed by atoms with Gasteiger partial charge < -0.3 is 5.11 Å². The van der Waals surface area contributed by atoms with Gasteiger partial charge in [-0.05, 0) is 30.8 Å². The van der Waals surface area contributed by atoms with E-state index in [9.17, 15) is 18.9 Å². The number of benzene rings is 2. The van der Waals surface area contributed by atoms with Gasteiger partial charge in [0.15, 0.2) is 0 Å². The number of H-pyrrole nitrogens is 1. The van der Waals surface area contributed by atoms with Crippen LogP contribution in [0.5, 0.6) is 0 Å². The van der Waals surface area contributed by atoms with Crippen LogP contribution in [-0.4, -0.2) is 52.2 Å². The highest BCUT2D eigenvalue weighted by molar-refractivity contribution is 5.93. The van der Waals surface area contributed by atoms with E-state index in [1.807, 2.05) is 0 Å². The maximum Gasteiger partial charge on any atom is 0.317 e. The third-order valence-electron chi connectivity index (χ3n) is 4.31. The lowest BCUT2D eigenvalue weighted by atomic mass is 10.0. The Morgan fingerprint density at radius 3 is 2.55 bits per heavy atom. The monoisotopic (exact) mass is 398 g/mol. The highest BCUT2D eigenvalue weighted by Gasteiger charge is 2.19. The molecular weight excluding hydrogens is 379 g/mol. The third kappa shape index (κ3) is 4.82. The van der Waals surface area contributed by atoms with Crippen molar-refractivity contribution in [2.24, 2.45) is 0 Å². The normalized spacial score (nSPS) is 11.0. The van der Waals surface area contributed by atoms with Gasteiger partial charge in [0.05, 0.1) is 29.9 Å². The molecule has 0 saturated heterocycles. The fraction of sp³-hybridized carbons (Fsp3) is 0.200. The molecule has 1 amide bonds. The van der Waals surface area contributed by atoms with Crippen LogP contribution in [0.2, 0.25) is 0 Å². The van der Waals surface area contributed by atoms with E-state index in [-0.39, 0.29) is 29.5 Å². The first-order valence-electron chi connectivity index (χ1n) is 8.79. The number of amides is 1. The quantitative estimate of drug-likeness (QED) is 0.588. The number of carbonyl (C=O) groups excluding carboxylic acids is 1. The summed E-state index contributed by atoms with van der Waals surface area (Å²) >= 11 is 0. The maximum atomic E-state index is 14.5. The van der Waals surface area contributed by atoms with Crippen LogP contribution in [0.15, 0.2) is 53.3 Å².